The highest BCUT2D eigenvalue weighted by Crippen LogP contribution is 2.53. The number of halogens is 2. The van der Waals surface area contributed by atoms with E-state index >= 15 is 0 Å². The van der Waals surface area contributed by atoms with Gasteiger partial charge in [0.2, 0.25) is 5.91 Å². The van der Waals surface area contributed by atoms with Crippen LogP contribution in [-0.4, -0.2) is 16.8 Å². The summed E-state index contributed by atoms with van der Waals surface area (Å²) in [6, 6.07) is 5.95. The molecule has 0 radical (unpaired) electrons. The molecule has 1 aromatic rings. The second kappa shape index (κ2) is 4.32. The summed E-state index contributed by atoms with van der Waals surface area (Å²) in [6.07, 6.45) is 2.78. The third-order valence-corrected chi connectivity index (χ3v) is 4.29. The van der Waals surface area contributed by atoms with Gasteiger partial charge in [-0.2, -0.15) is 0 Å². The minimum absolute atomic E-state index is 0.101. The molecule has 5 heteroatoms. The van der Waals surface area contributed by atoms with Gasteiger partial charge in [-0.25, -0.2) is 0 Å². The van der Waals surface area contributed by atoms with Crippen molar-refractivity contribution in [3.05, 3.63) is 23.8 Å². The summed E-state index contributed by atoms with van der Waals surface area (Å²) in [5.41, 5.74) is 3.21. The van der Waals surface area contributed by atoms with Crippen LogP contribution < -0.4 is 10.6 Å². The van der Waals surface area contributed by atoms with Gasteiger partial charge in [-0.3, -0.25) is 4.79 Å². The zero-order valence-electron chi connectivity index (χ0n) is 9.80. The molecule has 1 aliphatic carbocycles. The fraction of sp³-hybridized carbons (Fsp3) is 0.462. The molecule has 1 aromatic carbocycles. The summed E-state index contributed by atoms with van der Waals surface area (Å²) >= 11 is 11.8. The van der Waals surface area contributed by atoms with Crippen molar-refractivity contribution in [1.82, 2.24) is 0 Å². The van der Waals surface area contributed by atoms with E-state index in [1.807, 2.05) is 12.1 Å². The Morgan fingerprint density at radius 2 is 2.22 bits per heavy atom. The molecule has 1 amide bonds. The number of amides is 1. The molecule has 0 unspecified atom stereocenters. The van der Waals surface area contributed by atoms with Crippen molar-refractivity contribution in [2.75, 3.05) is 17.2 Å². The van der Waals surface area contributed by atoms with Crippen LogP contribution in [0.5, 0.6) is 0 Å². The number of carbonyl (C=O) groups excluding carboxylic acids is 1. The lowest BCUT2D eigenvalue weighted by molar-refractivity contribution is -0.117. The van der Waals surface area contributed by atoms with Gasteiger partial charge in [-0.15, -0.1) is 23.2 Å². The number of rotatable bonds is 2. The average molecular weight is 285 g/mol. The van der Waals surface area contributed by atoms with Crippen LogP contribution in [-0.2, 0) is 11.2 Å². The molecule has 1 fully saturated rings. The van der Waals surface area contributed by atoms with Crippen molar-refractivity contribution in [3.63, 3.8) is 0 Å². The lowest BCUT2D eigenvalue weighted by Gasteiger charge is -2.18. The largest absolute Gasteiger partial charge is 0.385 e. The lowest BCUT2D eigenvalue weighted by atomic mass is 10.0. The zero-order valence-corrected chi connectivity index (χ0v) is 11.3. The predicted molar refractivity (Wildman–Crippen MR) is 74.4 cm³/mol. The quantitative estimate of drug-likeness (QED) is 0.819. The maximum absolute atomic E-state index is 11.9. The molecule has 0 bridgehead atoms. The third-order valence-electron chi connectivity index (χ3n) is 3.46. The molecule has 3 rings (SSSR count). The van der Waals surface area contributed by atoms with Crippen molar-refractivity contribution in [3.8, 4) is 0 Å². The number of fused-ring (bicyclic) bond motifs is 1. The van der Waals surface area contributed by atoms with E-state index in [1.54, 1.807) is 0 Å². The van der Waals surface area contributed by atoms with Crippen molar-refractivity contribution in [1.29, 1.82) is 0 Å². The summed E-state index contributed by atoms with van der Waals surface area (Å²) in [5, 5.41) is 6.20. The van der Waals surface area contributed by atoms with E-state index in [4.69, 9.17) is 23.2 Å². The summed E-state index contributed by atoms with van der Waals surface area (Å²) in [4.78, 5) is 11.9. The molecule has 0 aromatic heterocycles. The lowest BCUT2D eigenvalue weighted by Crippen LogP contribution is -2.18. The van der Waals surface area contributed by atoms with E-state index in [0.29, 0.717) is 6.42 Å². The molecule has 0 spiro atoms. The molecule has 1 aliphatic heterocycles. The number of anilines is 2. The normalized spacial score (nSPS) is 23.8. The minimum Gasteiger partial charge on any atom is -0.385 e. The topological polar surface area (TPSA) is 41.1 Å². The van der Waals surface area contributed by atoms with E-state index in [0.717, 1.165) is 30.8 Å². The van der Waals surface area contributed by atoms with Crippen LogP contribution in [0.4, 0.5) is 11.4 Å². The van der Waals surface area contributed by atoms with Gasteiger partial charge in [0.1, 0.15) is 4.33 Å². The minimum atomic E-state index is -0.865. The number of nitrogens with one attached hydrogen (secondary N) is 2. The fourth-order valence-corrected chi connectivity index (χ4v) is 2.77. The van der Waals surface area contributed by atoms with E-state index in [1.165, 1.54) is 5.56 Å². The van der Waals surface area contributed by atoms with E-state index in [2.05, 4.69) is 16.7 Å². The first kappa shape index (κ1) is 12.1. The first-order valence-electron chi connectivity index (χ1n) is 6.12. The number of hydrogen-bond donors (Lipinski definition) is 2. The molecule has 1 heterocycles. The van der Waals surface area contributed by atoms with Gasteiger partial charge in [0, 0.05) is 17.9 Å². The second-order valence-electron chi connectivity index (χ2n) is 4.91. The number of hydrogen-bond acceptors (Lipinski definition) is 2. The van der Waals surface area contributed by atoms with Crippen LogP contribution in [0.1, 0.15) is 18.4 Å². The first-order valence-corrected chi connectivity index (χ1v) is 6.87. The number of alkyl halides is 2. The van der Waals surface area contributed by atoms with E-state index in [-0.39, 0.29) is 11.8 Å². The zero-order chi connectivity index (χ0) is 12.8. The molecular formula is C13H14Cl2N2O. The number of carbonyl (C=O) groups is 1. The molecule has 96 valence electrons. The highest BCUT2D eigenvalue weighted by atomic mass is 35.5. The molecule has 2 N–H and O–H groups in total. The molecule has 1 saturated carbocycles. The number of benzene rings is 1. The average Bonchev–Trinajstić information content (AvgIpc) is 2.98. The van der Waals surface area contributed by atoms with Crippen LogP contribution in [0.3, 0.4) is 0 Å². The van der Waals surface area contributed by atoms with Crippen LogP contribution in [0, 0.1) is 5.92 Å². The Balaban J connectivity index is 1.72. The van der Waals surface area contributed by atoms with Crippen molar-refractivity contribution in [2.45, 2.75) is 23.6 Å². The molecule has 3 nitrogen and oxygen atoms in total. The maximum Gasteiger partial charge on any atom is 0.230 e. The molecule has 1 atom stereocenters. The van der Waals surface area contributed by atoms with Gasteiger partial charge in [0.25, 0.3) is 0 Å². The number of aryl methyl sites for hydroxylation is 1. The van der Waals surface area contributed by atoms with E-state index in [9.17, 15) is 4.79 Å². The van der Waals surface area contributed by atoms with Crippen LogP contribution >= 0.6 is 23.2 Å². The summed E-state index contributed by atoms with van der Waals surface area (Å²) < 4.78 is -0.865. The second-order valence-corrected chi connectivity index (χ2v) is 6.45. The Kier molecular flexibility index (Phi) is 2.91. The predicted octanol–water partition coefficient (Wildman–Crippen LogP) is 3.18. The molecule has 18 heavy (non-hydrogen) atoms. The maximum atomic E-state index is 11.9. The Bertz CT molecular complexity index is 502. The molecular weight excluding hydrogens is 271 g/mol. The van der Waals surface area contributed by atoms with Crippen molar-refractivity contribution >= 4 is 40.5 Å². The Hall–Kier alpha value is -0.930. The molecule has 0 saturated heterocycles. The van der Waals surface area contributed by atoms with Crippen LogP contribution in [0.2, 0.25) is 0 Å². The van der Waals surface area contributed by atoms with Gasteiger partial charge in [-0.05, 0) is 37.0 Å². The van der Waals surface area contributed by atoms with Crippen molar-refractivity contribution in [2.24, 2.45) is 5.92 Å². The third kappa shape index (κ3) is 2.29. The van der Waals surface area contributed by atoms with E-state index < -0.39 is 4.33 Å². The summed E-state index contributed by atoms with van der Waals surface area (Å²) in [7, 11) is 0. The smallest absolute Gasteiger partial charge is 0.230 e. The monoisotopic (exact) mass is 284 g/mol. The Morgan fingerprint density at radius 3 is 2.94 bits per heavy atom. The van der Waals surface area contributed by atoms with Crippen LogP contribution in [0.15, 0.2) is 18.2 Å². The highest BCUT2D eigenvalue weighted by molar-refractivity contribution is 6.52. The fourth-order valence-electron chi connectivity index (χ4n) is 2.27. The molecule has 2 aliphatic rings. The van der Waals surface area contributed by atoms with Gasteiger partial charge in [0.05, 0.1) is 5.92 Å². The van der Waals surface area contributed by atoms with Crippen molar-refractivity contribution < 1.29 is 4.79 Å². The van der Waals surface area contributed by atoms with Gasteiger partial charge >= 0.3 is 0 Å². The van der Waals surface area contributed by atoms with Crippen LogP contribution in [0.25, 0.3) is 0 Å². The van der Waals surface area contributed by atoms with Gasteiger partial charge in [0.15, 0.2) is 0 Å². The first-order chi connectivity index (χ1) is 8.56. The highest BCUT2D eigenvalue weighted by Gasteiger charge is 2.56. The standard InChI is InChI=1S/C13H14Cl2N2O/c14-13(15)7-10(13)12(18)17-9-4-3-8-2-1-5-16-11(8)6-9/h3-4,6,10,16H,1-2,5,7H2,(H,17,18)/t10-/m0/s1. The Morgan fingerprint density at radius 1 is 1.44 bits per heavy atom. The Labute approximate surface area is 116 Å². The summed E-state index contributed by atoms with van der Waals surface area (Å²) in [5.74, 6) is -0.388. The SMILES string of the molecule is O=C(Nc1ccc2c(c1)NCCC2)[C@@H]1CC1(Cl)Cl. The van der Waals surface area contributed by atoms with Gasteiger partial charge in [-0.1, -0.05) is 6.07 Å². The van der Waals surface area contributed by atoms with Gasteiger partial charge < -0.3 is 10.6 Å². The summed E-state index contributed by atoms with van der Waals surface area (Å²) in [6.45, 7) is 0.986.